The van der Waals surface area contributed by atoms with E-state index in [0.717, 1.165) is 27.7 Å². The summed E-state index contributed by atoms with van der Waals surface area (Å²) in [4.78, 5) is 35.1. The van der Waals surface area contributed by atoms with E-state index in [1.54, 1.807) is 38.0 Å². The molecule has 5 rings (SSSR count). The SMILES string of the molecule is CN(C)C(=O)C1(Cc2ccc(OCc3cc(-c4ccncc4)nc4ccccc34)c(F)c2)CC1C(=O)NO. The Morgan fingerprint density at radius 3 is 2.61 bits per heavy atom. The Hall–Kier alpha value is -4.37. The number of amides is 2. The molecule has 2 heterocycles. The van der Waals surface area contributed by atoms with Gasteiger partial charge in [0.05, 0.1) is 22.5 Å². The van der Waals surface area contributed by atoms with Gasteiger partial charge in [-0.2, -0.15) is 0 Å². The van der Waals surface area contributed by atoms with Crippen LogP contribution in [0.2, 0.25) is 0 Å². The van der Waals surface area contributed by atoms with Crippen LogP contribution in [0.3, 0.4) is 0 Å². The molecule has 194 valence electrons. The van der Waals surface area contributed by atoms with Crippen molar-refractivity contribution in [3.8, 4) is 17.0 Å². The van der Waals surface area contributed by atoms with Gasteiger partial charge in [0.15, 0.2) is 11.6 Å². The first kappa shape index (κ1) is 25.3. The number of carbonyl (C=O) groups is 2. The van der Waals surface area contributed by atoms with Gasteiger partial charge in [0, 0.05) is 43.0 Å². The molecule has 0 aliphatic heterocycles. The third kappa shape index (κ3) is 4.80. The molecule has 1 saturated carbocycles. The summed E-state index contributed by atoms with van der Waals surface area (Å²) >= 11 is 0. The average molecular weight is 515 g/mol. The number of rotatable bonds is 8. The first-order chi connectivity index (χ1) is 18.3. The molecule has 38 heavy (non-hydrogen) atoms. The molecule has 1 aliphatic rings. The fraction of sp³-hybridized carbons (Fsp3) is 0.241. The van der Waals surface area contributed by atoms with Gasteiger partial charge in [-0.1, -0.05) is 24.3 Å². The number of hydrogen-bond acceptors (Lipinski definition) is 6. The lowest BCUT2D eigenvalue weighted by Gasteiger charge is -2.21. The molecule has 0 saturated heterocycles. The van der Waals surface area contributed by atoms with Gasteiger partial charge in [-0.3, -0.25) is 19.8 Å². The fourth-order valence-corrected chi connectivity index (χ4v) is 5.01. The van der Waals surface area contributed by atoms with Crippen LogP contribution in [-0.2, 0) is 22.6 Å². The van der Waals surface area contributed by atoms with Crippen LogP contribution in [0.4, 0.5) is 4.39 Å². The highest BCUT2D eigenvalue weighted by molar-refractivity contribution is 5.95. The molecule has 2 atom stereocenters. The minimum atomic E-state index is -1.01. The van der Waals surface area contributed by atoms with Gasteiger partial charge in [-0.25, -0.2) is 14.9 Å². The summed E-state index contributed by atoms with van der Waals surface area (Å²) in [6.45, 7) is 0.124. The molecule has 0 radical (unpaired) electrons. The minimum Gasteiger partial charge on any atom is -0.486 e. The van der Waals surface area contributed by atoms with Crippen molar-refractivity contribution in [3.05, 3.63) is 90.0 Å². The second kappa shape index (κ2) is 10.2. The largest absolute Gasteiger partial charge is 0.486 e. The van der Waals surface area contributed by atoms with E-state index in [1.807, 2.05) is 42.5 Å². The molecule has 2 amide bonds. The molecule has 2 unspecified atom stereocenters. The molecule has 2 N–H and O–H groups in total. The number of nitrogens with zero attached hydrogens (tertiary/aromatic N) is 3. The third-order valence-corrected chi connectivity index (χ3v) is 7.01. The lowest BCUT2D eigenvalue weighted by molar-refractivity contribution is -0.139. The quantitative estimate of drug-likeness (QED) is 0.270. The van der Waals surface area contributed by atoms with E-state index < -0.39 is 23.1 Å². The van der Waals surface area contributed by atoms with Crippen molar-refractivity contribution in [2.45, 2.75) is 19.4 Å². The Morgan fingerprint density at radius 1 is 1.13 bits per heavy atom. The van der Waals surface area contributed by atoms with Crippen LogP contribution in [0.15, 0.2) is 73.1 Å². The van der Waals surface area contributed by atoms with E-state index in [2.05, 4.69) is 4.98 Å². The molecule has 1 fully saturated rings. The molecule has 0 spiro atoms. The van der Waals surface area contributed by atoms with Gasteiger partial charge in [0.25, 0.3) is 0 Å². The lowest BCUT2D eigenvalue weighted by Crippen LogP contribution is -2.36. The first-order valence-corrected chi connectivity index (χ1v) is 12.2. The van der Waals surface area contributed by atoms with Crippen molar-refractivity contribution >= 4 is 22.7 Å². The number of pyridine rings is 2. The zero-order valence-corrected chi connectivity index (χ0v) is 21.0. The van der Waals surface area contributed by atoms with Crippen molar-refractivity contribution < 1.29 is 23.9 Å². The van der Waals surface area contributed by atoms with E-state index in [0.29, 0.717) is 5.56 Å². The zero-order valence-electron chi connectivity index (χ0n) is 21.0. The molecule has 0 bridgehead atoms. The van der Waals surface area contributed by atoms with Gasteiger partial charge in [-0.15, -0.1) is 0 Å². The standard InChI is InChI=1S/C29H27FN4O4/c1-34(2)28(36)29(16-22(29)27(35)33-37)15-18-7-8-26(23(30)13-18)38-17-20-14-25(19-9-11-31-12-10-19)32-24-6-4-3-5-21(20)24/h3-14,22,37H,15-17H2,1-2H3,(H,33,35). The molecule has 1 aliphatic carbocycles. The smallest absolute Gasteiger partial charge is 0.247 e. The monoisotopic (exact) mass is 514 g/mol. The number of benzene rings is 2. The number of carbonyl (C=O) groups excluding carboxylic acids is 2. The topological polar surface area (TPSA) is 105 Å². The second-order valence-corrected chi connectivity index (χ2v) is 9.74. The van der Waals surface area contributed by atoms with E-state index in [-0.39, 0.29) is 31.1 Å². The van der Waals surface area contributed by atoms with E-state index >= 15 is 4.39 Å². The Balaban J connectivity index is 1.37. The number of aromatic nitrogens is 2. The highest BCUT2D eigenvalue weighted by Gasteiger charge is 2.63. The molecule has 2 aromatic heterocycles. The molecular weight excluding hydrogens is 487 g/mol. The van der Waals surface area contributed by atoms with Gasteiger partial charge in [0.1, 0.15) is 6.61 Å². The number of hydrogen-bond donors (Lipinski definition) is 2. The third-order valence-electron chi connectivity index (χ3n) is 7.01. The molecule has 2 aromatic carbocycles. The second-order valence-electron chi connectivity index (χ2n) is 9.74. The maximum Gasteiger partial charge on any atom is 0.247 e. The average Bonchev–Trinajstić information content (AvgIpc) is 3.66. The maximum absolute atomic E-state index is 15.1. The van der Waals surface area contributed by atoms with Crippen LogP contribution in [0, 0.1) is 17.2 Å². The summed E-state index contributed by atoms with van der Waals surface area (Å²) in [5, 5.41) is 9.95. The van der Waals surface area contributed by atoms with Gasteiger partial charge >= 0.3 is 0 Å². The Morgan fingerprint density at radius 2 is 1.89 bits per heavy atom. The molecule has 9 heteroatoms. The lowest BCUT2D eigenvalue weighted by atomic mass is 9.92. The number of hydroxylamine groups is 1. The first-order valence-electron chi connectivity index (χ1n) is 12.2. The van der Waals surface area contributed by atoms with E-state index in [1.165, 1.54) is 17.0 Å². The number of halogens is 1. The fourth-order valence-electron chi connectivity index (χ4n) is 5.01. The summed E-state index contributed by atoms with van der Waals surface area (Å²) in [5.74, 6) is -2.01. The van der Waals surface area contributed by atoms with Crippen LogP contribution in [0.25, 0.3) is 22.2 Å². The van der Waals surface area contributed by atoms with Crippen LogP contribution in [0.1, 0.15) is 17.5 Å². The molecule has 4 aromatic rings. The predicted molar refractivity (Wildman–Crippen MR) is 139 cm³/mol. The van der Waals surface area contributed by atoms with Crippen LogP contribution < -0.4 is 10.2 Å². The van der Waals surface area contributed by atoms with Gasteiger partial charge in [-0.05, 0) is 54.8 Å². The Bertz CT molecular complexity index is 1510. The Labute approximate surface area is 219 Å². The number of fused-ring (bicyclic) bond motifs is 1. The van der Waals surface area contributed by atoms with Crippen molar-refractivity contribution in [1.82, 2.24) is 20.3 Å². The molecule has 8 nitrogen and oxygen atoms in total. The predicted octanol–water partition coefficient (Wildman–Crippen LogP) is 4.16. The van der Waals surface area contributed by atoms with E-state index in [4.69, 9.17) is 14.9 Å². The summed E-state index contributed by atoms with van der Waals surface area (Å²) in [6, 6.07) is 18.0. The molecular formula is C29H27FN4O4. The number of nitrogens with one attached hydrogen (secondary N) is 1. The highest BCUT2D eigenvalue weighted by atomic mass is 19.1. The number of para-hydroxylation sites is 1. The number of ether oxygens (including phenoxy) is 1. The maximum atomic E-state index is 15.1. The summed E-state index contributed by atoms with van der Waals surface area (Å²) in [6.07, 6.45) is 3.86. The minimum absolute atomic E-state index is 0.0774. The van der Waals surface area contributed by atoms with Crippen LogP contribution >= 0.6 is 0 Å². The van der Waals surface area contributed by atoms with Crippen LogP contribution in [0.5, 0.6) is 5.75 Å². The van der Waals surface area contributed by atoms with Crippen molar-refractivity contribution in [1.29, 1.82) is 0 Å². The zero-order chi connectivity index (χ0) is 26.9. The summed E-state index contributed by atoms with van der Waals surface area (Å²) in [7, 11) is 3.22. The Kier molecular flexibility index (Phi) is 6.77. The van der Waals surface area contributed by atoms with Crippen molar-refractivity contribution in [3.63, 3.8) is 0 Å². The highest BCUT2D eigenvalue weighted by Crippen LogP contribution is 2.56. The summed E-state index contributed by atoms with van der Waals surface area (Å²) in [5.41, 5.74) is 4.52. The van der Waals surface area contributed by atoms with E-state index in [9.17, 15) is 9.59 Å². The van der Waals surface area contributed by atoms with Crippen molar-refractivity contribution in [2.24, 2.45) is 11.3 Å². The summed E-state index contributed by atoms with van der Waals surface area (Å²) < 4.78 is 21.0. The normalized spacial score (nSPS) is 18.2. The van der Waals surface area contributed by atoms with Crippen molar-refractivity contribution in [2.75, 3.05) is 14.1 Å². The van der Waals surface area contributed by atoms with Gasteiger partial charge in [0.2, 0.25) is 11.8 Å². The van der Waals surface area contributed by atoms with Crippen LogP contribution in [-0.4, -0.2) is 46.0 Å². The van der Waals surface area contributed by atoms with Gasteiger partial charge < -0.3 is 9.64 Å².